The quantitative estimate of drug-likeness (QED) is 0.789. The maximum Gasteiger partial charge on any atom is 0.373 e. The Kier molecular flexibility index (Phi) is 4.85. The van der Waals surface area contributed by atoms with Gasteiger partial charge in [0.05, 0.1) is 24.5 Å². The molecule has 0 aliphatic heterocycles. The van der Waals surface area contributed by atoms with Crippen molar-refractivity contribution in [2.75, 3.05) is 7.11 Å². The van der Waals surface area contributed by atoms with Crippen LogP contribution in [-0.4, -0.2) is 13.1 Å². The van der Waals surface area contributed by atoms with Gasteiger partial charge in [-0.3, -0.25) is 0 Å². The third-order valence-corrected chi connectivity index (χ3v) is 3.69. The van der Waals surface area contributed by atoms with Gasteiger partial charge in [-0.1, -0.05) is 18.2 Å². The lowest BCUT2D eigenvalue weighted by Gasteiger charge is -2.02. The molecule has 1 heterocycles. The highest BCUT2D eigenvalue weighted by atomic mass is 32.2. The molecule has 0 bridgehead atoms. The maximum atomic E-state index is 11.2. The third-order valence-electron chi connectivity index (χ3n) is 2.69. The number of ether oxygens (including phenoxy) is 1. The van der Waals surface area contributed by atoms with Gasteiger partial charge < -0.3 is 9.15 Å². The van der Waals surface area contributed by atoms with Crippen LogP contribution in [0, 0.1) is 11.3 Å². The molecule has 5 heteroatoms. The summed E-state index contributed by atoms with van der Waals surface area (Å²) in [6.07, 6.45) is 0. The number of carbonyl (C=O) groups excluding carboxylic acids is 1. The van der Waals surface area contributed by atoms with E-state index in [9.17, 15) is 4.79 Å². The Labute approximate surface area is 121 Å². The van der Waals surface area contributed by atoms with Crippen molar-refractivity contribution in [3.63, 3.8) is 0 Å². The van der Waals surface area contributed by atoms with Gasteiger partial charge in [-0.05, 0) is 23.8 Å². The van der Waals surface area contributed by atoms with E-state index in [0.29, 0.717) is 17.1 Å². The molecule has 0 saturated heterocycles. The zero-order valence-corrected chi connectivity index (χ0v) is 11.8. The van der Waals surface area contributed by atoms with E-state index in [4.69, 9.17) is 9.68 Å². The lowest BCUT2D eigenvalue weighted by Crippen LogP contribution is -1.98. The molecule has 102 valence electrons. The number of benzene rings is 1. The van der Waals surface area contributed by atoms with Crippen molar-refractivity contribution < 1.29 is 13.9 Å². The van der Waals surface area contributed by atoms with Crippen LogP contribution >= 0.6 is 11.8 Å². The van der Waals surface area contributed by atoms with Crippen LogP contribution in [0.5, 0.6) is 0 Å². The van der Waals surface area contributed by atoms with Crippen LogP contribution in [0.25, 0.3) is 0 Å². The second kappa shape index (κ2) is 6.83. The van der Waals surface area contributed by atoms with Crippen molar-refractivity contribution in [1.82, 2.24) is 0 Å². The van der Waals surface area contributed by atoms with Crippen LogP contribution in [0.3, 0.4) is 0 Å². The summed E-state index contributed by atoms with van der Waals surface area (Å²) in [5.41, 5.74) is 1.69. The molecule has 1 aromatic carbocycles. The largest absolute Gasteiger partial charge is 0.463 e. The smallest absolute Gasteiger partial charge is 0.373 e. The highest BCUT2D eigenvalue weighted by Crippen LogP contribution is 2.21. The van der Waals surface area contributed by atoms with Gasteiger partial charge in [0.15, 0.2) is 0 Å². The first-order valence-corrected chi connectivity index (χ1v) is 7.13. The maximum absolute atomic E-state index is 11.2. The molecule has 2 aromatic rings. The molecule has 0 spiro atoms. The minimum absolute atomic E-state index is 0.209. The molecule has 20 heavy (non-hydrogen) atoms. The fraction of sp³-hybridized carbons (Fsp3) is 0.200. The third kappa shape index (κ3) is 3.43. The van der Waals surface area contributed by atoms with Crippen LogP contribution in [-0.2, 0) is 16.2 Å². The Morgan fingerprint density at radius 3 is 2.85 bits per heavy atom. The molecule has 0 saturated carbocycles. The molecule has 0 fully saturated rings. The summed E-state index contributed by atoms with van der Waals surface area (Å²) in [5.74, 6) is 1.80. The van der Waals surface area contributed by atoms with Crippen molar-refractivity contribution in [2.45, 2.75) is 11.5 Å². The first kappa shape index (κ1) is 14.2. The van der Waals surface area contributed by atoms with Crippen molar-refractivity contribution in [3.05, 3.63) is 59.0 Å². The van der Waals surface area contributed by atoms with E-state index in [0.717, 1.165) is 11.3 Å². The SMILES string of the molecule is COC(=O)c1ccc(CSCc2ccccc2C#N)o1. The van der Waals surface area contributed by atoms with E-state index in [2.05, 4.69) is 10.8 Å². The molecule has 0 aliphatic carbocycles. The number of furan rings is 1. The second-order valence-corrected chi connectivity index (χ2v) is 5.00. The summed E-state index contributed by atoms with van der Waals surface area (Å²) in [4.78, 5) is 11.2. The van der Waals surface area contributed by atoms with Crippen LogP contribution in [0.4, 0.5) is 0 Å². The molecule has 0 aliphatic rings. The molecular weight excluding hydrogens is 274 g/mol. The second-order valence-electron chi connectivity index (χ2n) is 4.02. The Bertz CT molecular complexity index is 643. The standard InChI is InChI=1S/C15H13NO3S/c1-18-15(17)14-7-6-13(19-14)10-20-9-12-5-3-2-4-11(12)8-16/h2-7H,9-10H2,1H3. The summed E-state index contributed by atoms with van der Waals surface area (Å²) in [7, 11) is 1.32. The van der Waals surface area contributed by atoms with Gasteiger partial charge in [-0.2, -0.15) is 5.26 Å². The van der Waals surface area contributed by atoms with Crippen LogP contribution in [0.15, 0.2) is 40.8 Å². The highest BCUT2D eigenvalue weighted by molar-refractivity contribution is 7.97. The van der Waals surface area contributed by atoms with Gasteiger partial charge in [0.25, 0.3) is 0 Å². The van der Waals surface area contributed by atoms with E-state index in [1.54, 1.807) is 30.0 Å². The number of hydrogen-bond acceptors (Lipinski definition) is 5. The zero-order chi connectivity index (χ0) is 14.4. The molecule has 0 radical (unpaired) electrons. The molecule has 0 N–H and O–H groups in total. The van der Waals surface area contributed by atoms with Crippen LogP contribution < -0.4 is 0 Å². The number of esters is 1. The average Bonchev–Trinajstić information content (AvgIpc) is 2.96. The first-order valence-electron chi connectivity index (χ1n) is 5.97. The lowest BCUT2D eigenvalue weighted by molar-refractivity contribution is 0.0563. The molecule has 1 aromatic heterocycles. The monoisotopic (exact) mass is 287 g/mol. The molecule has 0 atom stereocenters. The van der Waals surface area contributed by atoms with Crippen molar-refractivity contribution in [1.29, 1.82) is 5.26 Å². The van der Waals surface area contributed by atoms with Gasteiger partial charge in [-0.25, -0.2) is 4.79 Å². The van der Waals surface area contributed by atoms with Gasteiger partial charge in [0, 0.05) is 5.75 Å². The highest BCUT2D eigenvalue weighted by Gasteiger charge is 2.11. The van der Waals surface area contributed by atoms with Crippen LogP contribution in [0.2, 0.25) is 0 Å². The van der Waals surface area contributed by atoms with E-state index in [-0.39, 0.29) is 5.76 Å². The molecule has 0 amide bonds. The fourth-order valence-corrected chi connectivity index (χ4v) is 2.61. The number of methoxy groups -OCH3 is 1. The number of nitrogens with zero attached hydrogens (tertiary/aromatic N) is 1. The van der Waals surface area contributed by atoms with Crippen molar-refractivity contribution in [2.24, 2.45) is 0 Å². The van der Waals surface area contributed by atoms with E-state index in [1.165, 1.54) is 7.11 Å². The van der Waals surface area contributed by atoms with E-state index < -0.39 is 5.97 Å². The van der Waals surface area contributed by atoms with E-state index in [1.807, 2.05) is 18.2 Å². The minimum atomic E-state index is -0.476. The molecular formula is C15H13NO3S. The van der Waals surface area contributed by atoms with E-state index >= 15 is 0 Å². The summed E-state index contributed by atoms with van der Waals surface area (Å²) >= 11 is 1.62. The Balaban J connectivity index is 1.92. The summed E-state index contributed by atoms with van der Waals surface area (Å²) < 4.78 is 9.95. The number of thioether (sulfide) groups is 1. The molecule has 2 rings (SSSR count). The van der Waals surface area contributed by atoms with Crippen LogP contribution in [0.1, 0.15) is 27.4 Å². The topological polar surface area (TPSA) is 63.2 Å². The summed E-state index contributed by atoms with van der Waals surface area (Å²) in [6.45, 7) is 0. The normalized spacial score (nSPS) is 10.0. The minimum Gasteiger partial charge on any atom is -0.463 e. The first-order chi connectivity index (χ1) is 9.74. The zero-order valence-electron chi connectivity index (χ0n) is 11.0. The molecule has 0 unspecified atom stereocenters. The van der Waals surface area contributed by atoms with Crippen molar-refractivity contribution in [3.8, 4) is 6.07 Å². The average molecular weight is 287 g/mol. The number of carbonyl (C=O) groups is 1. The van der Waals surface area contributed by atoms with Gasteiger partial charge in [0.2, 0.25) is 5.76 Å². The molecule has 4 nitrogen and oxygen atoms in total. The van der Waals surface area contributed by atoms with Gasteiger partial charge >= 0.3 is 5.97 Å². The summed E-state index contributed by atoms with van der Waals surface area (Å²) in [5, 5.41) is 9.00. The predicted octanol–water partition coefficient (Wildman–Crippen LogP) is 3.37. The Hall–Kier alpha value is -2.19. The number of nitriles is 1. The predicted molar refractivity (Wildman–Crippen MR) is 76.2 cm³/mol. The lowest BCUT2D eigenvalue weighted by atomic mass is 10.1. The van der Waals surface area contributed by atoms with Gasteiger partial charge in [0.1, 0.15) is 5.76 Å². The van der Waals surface area contributed by atoms with Gasteiger partial charge in [-0.15, -0.1) is 11.8 Å². The Morgan fingerprint density at radius 1 is 1.30 bits per heavy atom. The summed E-state index contributed by atoms with van der Waals surface area (Å²) in [6, 6.07) is 13.0. The Morgan fingerprint density at radius 2 is 2.10 bits per heavy atom. The van der Waals surface area contributed by atoms with Crippen molar-refractivity contribution >= 4 is 17.7 Å². The fourth-order valence-electron chi connectivity index (χ4n) is 1.68. The number of hydrogen-bond donors (Lipinski definition) is 0. The number of rotatable bonds is 5.